The second kappa shape index (κ2) is 7.96. The fourth-order valence-corrected chi connectivity index (χ4v) is 4.89. The lowest BCUT2D eigenvalue weighted by Crippen LogP contribution is -2.45. The van der Waals surface area contributed by atoms with Crippen LogP contribution in [0.2, 0.25) is 0 Å². The van der Waals surface area contributed by atoms with Crippen molar-refractivity contribution in [3.8, 4) is 0 Å². The average molecular weight is 440 g/mol. The molecule has 0 aliphatic carbocycles. The van der Waals surface area contributed by atoms with Crippen LogP contribution in [-0.2, 0) is 4.79 Å². The second-order valence-corrected chi connectivity index (χ2v) is 9.10. The molecule has 31 heavy (non-hydrogen) atoms. The molecule has 2 aromatic rings. The molecule has 1 fully saturated rings. The Labute approximate surface area is 184 Å². The Balaban J connectivity index is 1.67. The van der Waals surface area contributed by atoms with Gasteiger partial charge in [0, 0.05) is 23.4 Å². The quantitative estimate of drug-likeness (QED) is 0.608. The first-order chi connectivity index (χ1) is 14.7. The number of amidine groups is 1. The third-order valence-electron chi connectivity index (χ3n) is 5.41. The van der Waals surface area contributed by atoms with Gasteiger partial charge in [0.15, 0.2) is 5.17 Å². The number of likely N-dealkylation sites (N-methyl/N-ethyl adjacent to an activating group) is 1. The van der Waals surface area contributed by atoms with Gasteiger partial charge in [-0.05, 0) is 87.5 Å². The van der Waals surface area contributed by atoms with Crippen LogP contribution in [0.4, 0.5) is 20.2 Å². The van der Waals surface area contributed by atoms with Crippen molar-refractivity contribution in [3.05, 3.63) is 70.1 Å². The summed E-state index contributed by atoms with van der Waals surface area (Å²) in [4.78, 5) is 19.2. The number of allylic oxidation sites excluding steroid dienone is 1. The number of amides is 1. The lowest BCUT2D eigenvalue weighted by molar-refractivity contribution is -0.115. The summed E-state index contributed by atoms with van der Waals surface area (Å²) in [6, 6.07) is 9.00. The predicted molar refractivity (Wildman–Crippen MR) is 124 cm³/mol. The predicted octanol–water partition coefficient (Wildman–Crippen LogP) is 5.88. The molecule has 4 nitrogen and oxygen atoms in total. The van der Waals surface area contributed by atoms with Crippen LogP contribution in [-0.4, -0.2) is 23.2 Å². The smallest absolute Gasteiger partial charge is 0.264 e. The number of anilines is 1. The number of carbonyl (C=O) groups is 1. The molecular weight excluding hydrogens is 416 g/mol. The zero-order valence-electron chi connectivity index (χ0n) is 17.8. The number of benzene rings is 2. The summed E-state index contributed by atoms with van der Waals surface area (Å²) >= 11 is 1.13. The first kappa shape index (κ1) is 21.3. The van der Waals surface area contributed by atoms with Crippen molar-refractivity contribution in [2.75, 3.05) is 11.4 Å². The van der Waals surface area contributed by atoms with Crippen LogP contribution < -0.4 is 10.2 Å². The molecule has 0 bridgehead atoms. The average Bonchev–Trinajstić information content (AvgIpc) is 3.03. The number of thioether (sulfide) groups is 1. The summed E-state index contributed by atoms with van der Waals surface area (Å²) in [5, 5.41) is 3.05. The minimum Gasteiger partial charge on any atom is -0.363 e. The van der Waals surface area contributed by atoms with E-state index in [1.165, 1.54) is 24.3 Å². The molecule has 0 saturated carbocycles. The van der Waals surface area contributed by atoms with Gasteiger partial charge < -0.3 is 10.2 Å². The molecule has 7 heteroatoms. The molecule has 1 amide bonds. The van der Waals surface area contributed by atoms with Crippen molar-refractivity contribution in [2.45, 2.75) is 33.2 Å². The van der Waals surface area contributed by atoms with Gasteiger partial charge in [-0.15, -0.1) is 0 Å². The Morgan fingerprint density at radius 1 is 1.19 bits per heavy atom. The van der Waals surface area contributed by atoms with Crippen molar-refractivity contribution in [1.82, 2.24) is 5.32 Å². The fourth-order valence-electron chi connectivity index (χ4n) is 4.06. The number of nitrogens with one attached hydrogen (secondary N) is 1. The number of rotatable bonds is 3. The summed E-state index contributed by atoms with van der Waals surface area (Å²) in [7, 11) is 0. The molecule has 1 saturated heterocycles. The van der Waals surface area contributed by atoms with E-state index in [0.29, 0.717) is 21.3 Å². The van der Waals surface area contributed by atoms with Crippen molar-refractivity contribution in [2.24, 2.45) is 4.99 Å². The highest BCUT2D eigenvalue weighted by Gasteiger charge is 2.31. The Bertz CT molecular complexity index is 1150. The highest BCUT2D eigenvalue weighted by atomic mass is 32.2. The van der Waals surface area contributed by atoms with E-state index in [1.54, 1.807) is 18.2 Å². The minimum absolute atomic E-state index is 0.203. The largest absolute Gasteiger partial charge is 0.363 e. The van der Waals surface area contributed by atoms with E-state index in [4.69, 9.17) is 0 Å². The Kier molecular flexibility index (Phi) is 5.47. The second-order valence-electron chi connectivity index (χ2n) is 8.07. The van der Waals surface area contributed by atoms with Crippen LogP contribution in [0.15, 0.2) is 52.4 Å². The Morgan fingerprint density at radius 3 is 2.58 bits per heavy atom. The van der Waals surface area contributed by atoms with Crippen LogP contribution >= 0.6 is 11.8 Å². The number of aliphatic imine (C=N–C) groups is 1. The van der Waals surface area contributed by atoms with Gasteiger partial charge in [-0.1, -0.05) is 6.08 Å². The molecule has 0 atom stereocenters. The summed E-state index contributed by atoms with van der Waals surface area (Å²) < 4.78 is 28.1. The van der Waals surface area contributed by atoms with Gasteiger partial charge in [0.1, 0.15) is 11.6 Å². The maximum absolute atomic E-state index is 15.0. The monoisotopic (exact) mass is 439 g/mol. The van der Waals surface area contributed by atoms with Gasteiger partial charge in [-0.2, -0.15) is 0 Å². The maximum atomic E-state index is 15.0. The third kappa shape index (κ3) is 4.14. The first-order valence-electron chi connectivity index (χ1n) is 10.0. The first-order valence-corrected chi connectivity index (χ1v) is 10.9. The summed E-state index contributed by atoms with van der Waals surface area (Å²) in [6.07, 6.45) is 3.73. The number of hydrogen-bond donors (Lipinski definition) is 1. The van der Waals surface area contributed by atoms with Crippen LogP contribution in [0.5, 0.6) is 0 Å². The van der Waals surface area contributed by atoms with E-state index < -0.39 is 0 Å². The molecule has 1 N–H and O–H groups in total. The van der Waals surface area contributed by atoms with Crippen molar-refractivity contribution >= 4 is 45.9 Å². The molecule has 2 aromatic carbocycles. The highest BCUT2D eigenvalue weighted by Crippen LogP contribution is 2.40. The topological polar surface area (TPSA) is 44.7 Å². The summed E-state index contributed by atoms with van der Waals surface area (Å²) in [5.41, 5.74) is 3.56. The van der Waals surface area contributed by atoms with Gasteiger partial charge in [-0.3, -0.25) is 4.79 Å². The summed E-state index contributed by atoms with van der Waals surface area (Å²) in [6.45, 7) is 9.05. The van der Waals surface area contributed by atoms with Crippen molar-refractivity contribution < 1.29 is 13.6 Å². The molecular formula is C24H23F2N3OS. The number of hydrogen-bond acceptors (Lipinski definition) is 4. The molecule has 160 valence electrons. The zero-order valence-corrected chi connectivity index (χ0v) is 18.6. The van der Waals surface area contributed by atoms with Gasteiger partial charge in [0.2, 0.25) is 0 Å². The van der Waals surface area contributed by atoms with Crippen LogP contribution in [0.25, 0.3) is 11.6 Å². The van der Waals surface area contributed by atoms with Crippen LogP contribution in [0.3, 0.4) is 0 Å². The Morgan fingerprint density at radius 2 is 1.90 bits per heavy atom. The molecule has 2 aliphatic heterocycles. The van der Waals surface area contributed by atoms with E-state index in [9.17, 15) is 9.18 Å². The molecule has 0 aromatic heterocycles. The lowest BCUT2D eigenvalue weighted by Gasteiger charge is -2.42. The number of halogens is 2. The van der Waals surface area contributed by atoms with Crippen LogP contribution in [0.1, 0.15) is 38.8 Å². The molecule has 4 rings (SSSR count). The van der Waals surface area contributed by atoms with E-state index in [2.05, 4.69) is 42.1 Å². The standard InChI is InChI=1S/C24H23F2N3OS/c1-5-29-20-12-19(26)15(10-18(20)14(2)13-24(29,3)4)11-21-22(30)28-23(31-21)27-17-8-6-16(25)7-9-17/h6-13H,5H2,1-4H3,(H,27,28,30)/b21-11+. The highest BCUT2D eigenvalue weighted by molar-refractivity contribution is 8.18. The minimum atomic E-state index is -0.382. The summed E-state index contributed by atoms with van der Waals surface area (Å²) in [5.74, 6) is -1.08. The molecule has 0 spiro atoms. The SMILES string of the molecule is CCN1c2cc(F)c(/C=C3/SC(=Nc4ccc(F)cc4)NC3=O)cc2C(C)=CC1(C)C. The molecule has 0 radical (unpaired) electrons. The van der Waals surface area contributed by atoms with Gasteiger partial charge >= 0.3 is 0 Å². The fraction of sp³-hybridized carbons (Fsp3) is 0.250. The zero-order chi connectivity index (χ0) is 22.3. The van der Waals surface area contributed by atoms with Crippen molar-refractivity contribution in [3.63, 3.8) is 0 Å². The number of carbonyl (C=O) groups excluding carboxylic acids is 1. The van der Waals surface area contributed by atoms with E-state index in [-0.39, 0.29) is 23.1 Å². The molecule has 2 heterocycles. The lowest BCUT2D eigenvalue weighted by atomic mass is 9.88. The van der Waals surface area contributed by atoms with E-state index in [1.807, 2.05) is 6.92 Å². The van der Waals surface area contributed by atoms with Gasteiger partial charge in [0.05, 0.1) is 16.1 Å². The normalized spacial score (nSPS) is 20.1. The molecule has 0 unspecified atom stereocenters. The van der Waals surface area contributed by atoms with Crippen LogP contribution in [0, 0.1) is 11.6 Å². The Hall–Kier alpha value is -2.93. The number of nitrogens with zero attached hydrogens (tertiary/aromatic N) is 2. The number of fused-ring (bicyclic) bond motifs is 1. The molecule has 2 aliphatic rings. The third-order valence-corrected chi connectivity index (χ3v) is 6.32. The van der Waals surface area contributed by atoms with E-state index in [0.717, 1.165) is 35.1 Å². The maximum Gasteiger partial charge on any atom is 0.264 e. The van der Waals surface area contributed by atoms with Crippen molar-refractivity contribution in [1.29, 1.82) is 0 Å². The van der Waals surface area contributed by atoms with Gasteiger partial charge in [-0.25, -0.2) is 13.8 Å². The van der Waals surface area contributed by atoms with E-state index >= 15 is 4.39 Å². The van der Waals surface area contributed by atoms with Gasteiger partial charge in [0.25, 0.3) is 5.91 Å².